The number of amides is 1. The predicted octanol–water partition coefficient (Wildman–Crippen LogP) is 2.75. The molecule has 0 aliphatic heterocycles. The number of rotatable bonds is 5. The fraction of sp³-hybridized carbons (Fsp3) is 0.188. The Morgan fingerprint density at radius 3 is 2.77 bits per heavy atom. The molecule has 1 N–H and O–H groups in total. The van der Waals surface area contributed by atoms with Gasteiger partial charge in [0.2, 0.25) is 5.91 Å². The maximum absolute atomic E-state index is 12.0. The van der Waals surface area contributed by atoms with Gasteiger partial charge in [0, 0.05) is 4.88 Å². The zero-order valence-corrected chi connectivity index (χ0v) is 13.0. The van der Waals surface area contributed by atoms with Crippen molar-refractivity contribution in [2.45, 2.75) is 19.4 Å². The number of thiophene rings is 1. The van der Waals surface area contributed by atoms with E-state index in [1.807, 2.05) is 48.7 Å². The molecule has 0 radical (unpaired) electrons. The zero-order valence-electron chi connectivity index (χ0n) is 12.1. The van der Waals surface area contributed by atoms with Gasteiger partial charge in [-0.3, -0.25) is 4.79 Å². The highest BCUT2D eigenvalue weighted by Crippen LogP contribution is 2.16. The van der Waals surface area contributed by atoms with Crippen molar-refractivity contribution in [3.63, 3.8) is 0 Å². The molecule has 2 aromatic heterocycles. The Kier molecular flexibility index (Phi) is 4.29. The summed E-state index contributed by atoms with van der Waals surface area (Å²) >= 11 is 1.60. The smallest absolute Gasteiger partial charge is 0.225 e. The van der Waals surface area contributed by atoms with Crippen LogP contribution >= 0.6 is 11.3 Å². The summed E-state index contributed by atoms with van der Waals surface area (Å²) in [7, 11) is 0. The fourth-order valence-electron chi connectivity index (χ4n) is 2.20. The van der Waals surface area contributed by atoms with Crippen LogP contribution in [0.15, 0.2) is 54.4 Å². The maximum Gasteiger partial charge on any atom is 0.225 e. The van der Waals surface area contributed by atoms with Gasteiger partial charge in [0.25, 0.3) is 0 Å². The first-order valence-electron chi connectivity index (χ1n) is 6.99. The molecule has 1 aromatic carbocycles. The standard InChI is InChI=1S/C16H16N4OS/c1-12(19-16(21)9-15-3-2-8-22-15)13-4-6-14(7-5-13)20-11-17-10-18-20/h2-8,10-12H,9H2,1H3,(H,19,21). The van der Waals surface area contributed by atoms with Gasteiger partial charge in [-0.1, -0.05) is 18.2 Å². The molecule has 22 heavy (non-hydrogen) atoms. The molecule has 1 unspecified atom stereocenters. The van der Waals surface area contributed by atoms with Crippen molar-refractivity contribution < 1.29 is 4.79 Å². The predicted molar refractivity (Wildman–Crippen MR) is 85.9 cm³/mol. The highest BCUT2D eigenvalue weighted by atomic mass is 32.1. The Morgan fingerprint density at radius 2 is 2.14 bits per heavy atom. The molecule has 3 rings (SSSR count). The Bertz CT molecular complexity index is 720. The van der Waals surface area contributed by atoms with Gasteiger partial charge in [-0.2, -0.15) is 5.10 Å². The summed E-state index contributed by atoms with van der Waals surface area (Å²) in [5.41, 5.74) is 2.00. The molecule has 0 spiro atoms. The Hall–Kier alpha value is -2.47. The SMILES string of the molecule is CC(NC(=O)Cc1cccs1)c1ccc(-n2cncn2)cc1. The Labute approximate surface area is 132 Å². The zero-order chi connectivity index (χ0) is 15.4. The van der Waals surface area contributed by atoms with Crippen LogP contribution in [0.3, 0.4) is 0 Å². The second-order valence-electron chi connectivity index (χ2n) is 4.98. The first kappa shape index (κ1) is 14.5. The van der Waals surface area contributed by atoms with Crippen LogP contribution in [0.1, 0.15) is 23.4 Å². The molecule has 6 heteroatoms. The molecule has 0 saturated heterocycles. The van der Waals surface area contributed by atoms with Crippen molar-refractivity contribution in [3.8, 4) is 5.69 Å². The molecule has 1 atom stereocenters. The van der Waals surface area contributed by atoms with Crippen molar-refractivity contribution in [1.29, 1.82) is 0 Å². The van der Waals surface area contributed by atoms with Gasteiger partial charge in [-0.15, -0.1) is 11.3 Å². The molecule has 0 aliphatic rings. The summed E-state index contributed by atoms with van der Waals surface area (Å²) in [6, 6.07) is 11.8. The van der Waals surface area contributed by atoms with Crippen LogP contribution in [-0.4, -0.2) is 20.7 Å². The number of carbonyl (C=O) groups excluding carboxylic acids is 1. The van der Waals surface area contributed by atoms with Gasteiger partial charge in [0.1, 0.15) is 12.7 Å². The second kappa shape index (κ2) is 6.53. The van der Waals surface area contributed by atoms with E-state index >= 15 is 0 Å². The molecule has 0 fully saturated rings. The summed E-state index contributed by atoms with van der Waals surface area (Å²) < 4.78 is 1.70. The highest BCUT2D eigenvalue weighted by Gasteiger charge is 2.10. The van der Waals surface area contributed by atoms with Crippen LogP contribution in [-0.2, 0) is 11.2 Å². The van der Waals surface area contributed by atoms with Crippen LogP contribution in [0.4, 0.5) is 0 Å². The molecular formula is C16H16N4OS. The van der Waals surface area contributed by atoms with E-state index in [4.69, 9.17) is 0 Å². The van der Waals surface area contributed by atoms with E-state index < -0.39 is 0 Å². The minimum absolute atomic E-state index is 0.0303. The van der Waals surface area contributed by atoms with Crippen LogP contribution in [0.5, 0.6) is 0 Å². The van der Waals surface area contributed by atoms with E-state index in [1.54, 1.807) is 22.3 Å². The van der Waals surface area contributed by atoms with Gasteiger partial charge in [-0.25, -0.2) is 9.67 Å². The van der Waals surface area contributed by atoms with Crippen molar-refractivity contribution in [1.82, 2.24) is 20.1 Å². The van der Waals surface area contributed by atoms with E-state index in [-0.39, 0.29) is 11.9 Å². The number of nitrogens with one attached hydrogen (secondary N) is 1. The van der Waals surface area contributed by atoms with Crippen LogP contribution in [0.2, 0.25) is 0 Å². The summed E-state index contributed by atoms with van der Waals surface area (Å²) in [6.45, 7) is 1.98. The number of carbonyl (C=O) groups is 1. The number of aromatic nitrogens is 3. The lowest BCUT2D eigenvalue weighted by atomic mass is 10.1. The van der Waals surface area contributed by atoms with E-state index in [0.29, 0.717) is 6.42 Å². The molecule has 0 aliphatic carbocycles. The fourth-order valence-corrected chi connectivity index (χ4v) is 2.91. The summed E-state index contributed by atoms with van der Waals surface area (Å²) in [6.07, 6.45) is 3.58. The molecular weight excluding hydrogens is 296 g/mol. The first-order valence-corrected chi connectivity index (χ1v) is 7.87. The molecule has 2 heterocycles. The molecule has 0 bridgehead atoms. The van der Waals surface area contributed by atoms with Gasteiger partial charge < -0.3 is 5.32 Å². The Balaban J connectivity index is 1.62. The molecule has 112 valence electrons. The molecule has 5 nitrogen and oxygen atoms in total. The topological polar surface area (TPSA) is 59.8 Å². The minimum Gasteiger partial charge on any atom is -0.349 e. The molecule has 0 saturated carbocycles. The first-order chi connectivity index (χ1) is 10.7. The van der Waals surface area contributed by atoms with Crippen LogP contribution < -0.4 is 5.32 Å². The number of hydrogen-bond donors (Lipinski definition) is 1. The third kappa shape index (κ3) is 3.40. The Morgan fingerprint density at radius 1 is 1.32 bits per heavy atom. The van der Waals surface area contributed by atoms with E-state index in [1.165, 1.54) is 6.33 Å². The van der Waals surface area contributed by atoms with Crippen molar-refractivity contribution >= 4 is 17.2 Å². The minimum atomic E-state index is -0.0303. The number of benzene rings is 1. The summed E-state index contributed by atoms with van der Waals surface area (Å²) in [4.78, 5) is 17.0. The van der Waals surface area contributed by atoms with Crippen LogP contribution in [0, 0.1) is 0 Å². The highest BCUT2D eigenvalue weighted by molar-refractivity contribution is 7.10. The van der Waals surface area contributed by atoms with Gasteiger partial charge in [0.15, 0.2) is 0 Å². The average Bonchev–Trinajstić information content (AvgIpc) is 3.20. The number of nitrogens with zero attached hydrogens (tertiary/aromatic N) is 3. The molecule has 3 aromatic rings. The van der Waals surface area contributed by atoms with Gasteiger partial charge in [-0.05, 0) is 36.1 Å². The van der Waals surface area contributed by atoms with Crippen molar-refractivity contribution in [2.24, 2.45) is 0 Å². The maximum atomic E-state index is 12.0. The third-order valence-electron chi connectivity index (χ3n) is 3.37. The van der Waals surface area contributed by atoms with Crippen LogP contribution in [0.25, 0.3) is 5.69 Å². The van der Waals surface area contributed by atoms with Gasteiger partial charge in [0.05, 0.1) is 18.2 Å². The summed E-state index contributed by atoms with van der Waals surface area (Å²) in [5, 5.41) is 9.09. The van der Waals surface area contributed by atoms with Crippen molar-refractivity contribution in [2.75, 3.05) is 0 Å². The van der Waals surface area contributed by atoms with E-state index in [2.05, 4.69) is 15.4 Å². The van der Waals surface area contributed by atoms with E-state index in [9.17, 15) is 4.79 Å². The monoisotopic (exact) mass is 312 g/mol. The second-order valence-corrected chi connectivity index (χ2v) is 6.01. The quantitative estimate of drug-likeness (QED) is 0.788. The third-order valence-corrected chi connectivity index (χ3v) is 4.25. The lowest BCUT2D eigenvalue weighted by molar-refractivity contribution is -0.121. The number of hydrogen-bond acceptors (Lipinski definition) is 4. The molecule has 1 amide bonds. The van der Waals surface area contributed by atoms with Gasteiger partial charge >= 0.3 is 0 Å². The lowest BCUT2D eigenvalue weighted by Gasteiger charge is -2.14. The van der Waals surface area contributed by atoms with E-state index in [0.717, 1.165) is 16.1 Å². The largest absolute Gasteiger partial charge is 0.349 e. The van der Waals surface area contributed by atoms with Crippen molar-refractivity contribution in [3.05, 3.63) is 64.9 Å². The lowest BCUT2D eigenvalue weighted by Crippen LogP contribution is -2.27. The normalized spacial score (nSPS) is 12.0. The average molecular weight is 312 g/mol. The summed E-state index contributed by atoms with van der Waals surface area (Å²) in [5.74, 6) is 0.0373.